The number of carbonyl (C=O) groups excluding carboxylic acids is 2. The van der Waals surface area contributed by atoms with Crippen molar-refractivity contribution in [2.75, 3.05) is 0 Å². The number of pyridine rings is 1. The summed E-state index contributed by atoms with van der Waals surface area (Å²) < 4.78 is 28.3. The van der Waals surface area contributed by atoms with E-state index in [0.29, 0.717) is 5.56 Å². The molecule has 7 heteroatoms. The van der Waals surface area contributed by atoms with Crippen molar-refractivity contribution in [3.63, 3.8) is 0 Å². The maximum Gasteiger partial charge on any atom is 0.262 e. The van der Waals surface area contributed by atoms with Crippen LogP contribution in [0.4, 0.5) is 8.78 Å². The number of nitrogens with zero attached hydrogens (tertiary/aromatic N) is 1. The molecule has 0 unspecified atom stereocenters. The van der Waals surface area contributed by atoms with Crippen LogP contribution in [0.25, 0.3) is 0 Å². The van der Waals surface area contributed by atoms with Crippen molar-refractivity contribution in [1.29, 1.82) is 0 Å². The summed E-state index contributed by atoms with van der Waals surface area (Å²) in [7, 11) is 0. The number of amides is 1. The molecule has 1 N–H and O–H groups in total. The molecule has 1 aromatic heterocycles. The molecule has 0 aliphatic heterocycles. The van der Waals surface area contributed by atoms with Crippen LogP contribution in [0.3, 0.4) is 0 Å². The predicted molar refractivity (Wildman–Crippen MR) is 83.8 cm³/mol. The standard InChI is InChI=1S/C17H13ClF2N2O2/c18-13-8-11(19)4-3-10(13)9-22-16(24)17(20)6-5-14(23)15-12(17)2-1-7-21-15/h1-4,7-8H,5-6,9H2,(H,22,24)/t17-/m1/s1. The zero-order chi connectivity index (χ0) is 17.3. The largest absolute Gasteiger partial charge is 0.349 e. The number of benzene rings is 1. The van der Waals surface area contributed by atoms with Gasteiger partial charge in [0.25, 0.3) is 5.91 Å². The molecular weight excluding hydrogens is 338 g/mol. The number of fused-ring (bicyclic) bond motifs is 1. The van der Waals surface area contributed by atoms with Crippen LogP contribution in [-0.2, 0) is 17.0 Å². The summed E-state index contributed by atoms with van der Waals surface area (Å²) in [6.45, 7) is -0.0485. The van der Waals surface area contributed by atoms with Crippen molar-refractivity contribution in [1.82, 2.24) is 10.3 Å². The Morgan fingerprint density at radius 1 is 1.38 bits per heavy atom. The van der Waals surface area contributed by atoms with E-state index in [0.717, 1.165) is 6.07 Å². The Kier molecular flexibility index (Phi) is 4.32. The number of Topliss-reactive ketones (excluding diaryl/α,β-unsaturated/α-hetero) is 1. The summed E-state index contributed by atoms with van der Waals surface area (Å²) in [5, 5.41) is 2.61. The topological polar surface area (TPSA) is 59.1 Å². The SMILES string of the molecule is O=C1CC[C@](F)(C(=O)NCc2ccc(F)cc2Cl)c2cccnc21. The number of alkyl halides is 1. The molecule has 0 radical (unpaired) electrons. The highest BCUT2D eigenvalue weighted by atomic mass is 35.5. The molecule has 4 nitrogen and oxygen atoms in total. The fraction of sp³-hybridized carbons (Fsp3) is 0.235. The van der Waals surface area contributed by atoms with Gasteiger partial charge in [-0.05, 0) is 23.8 Å². The number of carbonyl (C=O) groups is 2. The monoisotopic (exact) mass is 350 g/mol. The van der Waals surface area contributed by atoms with Gasteiger partial charge in [0, 0.05) is 36.2 Å². The Labute approximate surface area is 141 Å². The Balaban J connectivity index is 1.82. The Bertz CT molecular complexity index is 828. The van der Waals surface area contributed by atoms with Crippen molar-refractivity contribution in [3.05, 3.63) is 64.2 Å². The molecule has 0 spiro atoms. The van der Waals surface area contributed by atoms with Crippen molar-refractivity contribution in [3.8, 4) is 0 Å². The van der Waals surface area contributed by atoms with Gasteiger partial charge in [0.1, 0.15) is 11.5 Å². The summed E-state index contributed by atoms with van der Waals surface area (Å²) in [6, 6.07) is 6.62. The number of hydrogen-bond acceptors (Lipinski definition) is 3. The van der Waals surface area contributed by atoms with E-state index < -0.39 is 17.4 Å². The fourth-order valence-electron chi connectivity index (χ4n) is 2.70. The Hall–Kier alpha value is -2.34. The van der Waals surface area contributed by atoms with Gasteiger partial charge in [-0.1, -0.05) is 23.7 Å². The van der Waals surface area contributed by atoms with Crippen LogP contribution < -0.4 is 5.32 Å². The number of rotatable bonds is 3. The first kappa shape index (κ1) is 16.5. The smallest absolute Gasteiger partial charge is 0.262 e. The van der Waals surface area contributed by atoms with Gasteiger partial charge in [0.2, 0.25) is 5.67 Å². The van der Waals surface area contributed by atoms with Gasteiger partial charge >= 0.3 is 0 Å². The third-order valence-electron chi connectivity index (χ3n) is 4.01. The molecule has 1 aromatic carbocycles. The van der Waals surface area contributed by atoms with Gasteiger partial charge in [-0.15, -0.1) is 0 Å². The second-order valence-electron chi connectivity index (χ2n) is 5.54. The second kappa shape index (κ2) is 6.28. The maximum atomic E-state index is 15.3. The van der Waals surface area contributed by atoms with E-state index in [-0.39, 0.29) is 41.4 Å². The lowest BCUT2D eigenvalue weighted by atomic mass is 9.81. The van der Waals surface area contributed by atoms with Gasteiger partial charge in [-0.2, -0.15) is 0 Å². The lowest BCUT2D eigenvalue weighted by Gasteiger charge is -2.29. The molecule has 2 aromatic rings. The van der Waals surface area contributed by atoms with Crippen molar-refractivity contribution in [2.45, 2.75) is 25.1 Å². The quantitative estimate of drug-likeness (QED) is 0.923. The molecule has 0 fully saturated rings. The van der Waals surface area contributed by atoms with Crippen LogP contribution >= 0.6 is 11.6 Å². The molecule has 1 heterocycles. The predicted octanol–water partition coefficient (Wildman–Crippen LogP) is 3.33. The molecule has 0 saturated carbocycles. The van der Waals surface area contributed by atoms with Gasteiger partial charge in [0.05, 0.1) is 0 Å². The first-order chi connectivity index (χ1) is 11.4. The van der Waals surface area contributed by atoms with Gasteiger partial charge in [-0.25, -0.2) is 8.78 Å². The van der Waals surface area contributed by atoms with E-state index in [2.05, 4.69) is 10.3 Å². The third kappa shape index (κ3) is 2.89. The normalized spacial score (nSPS) is 19.7. The minimum absolute atomic E-state index is 0.0128. The highest BCUT2D eigenvalue weighted by molar-refractivity contribution is 6.31. The Morgan fingerprint density at radius 2 is 2.17 bits per heavy atom. The molecule has 24 heavy (non-hydrogen) atoms. The molecule has 3 rings (SSSR count). The number of halogens is 3. The number of aromatic nitrogens is 1. The van der Waals surface area contributed by atoms with E-state index in [9.17, 15) is 14.0 Å². The average molecular weight is 351 g/mol. The van der Waals surface area contributed by atoms with Crippen molar-refractivity contribution in [2.24, 2.45) is 0 Å². The molecule has 0 bridgehead atoms. The number of hydrogen-bond donors (Lipinski definition) is 1. The highest BCUT2D eigenvalue weighted by Crippen LogP contribution is 2.38. The third-order valence-corrected chi connectivity index (χ3v) is 4.36. The summed E-state index contributed by atoms with van der Waals surface area (Å²) in [4.78, 5) is 28.1. The van der Waals surface area contributed by atoms with Crippen LogP contribution in [0.5, 0.6) is 0 Å². The summed E-state index contributed by atoms with van der Waals surface area (Å²) in [5.74, 6) is -1.65. The van der Waals surface area contributed by atoms with E-state index in [1.165, 1.54) is 30.5 Å². The minimum atomic E-state index is -2.33. The fourth-order valence-corrected chi connectivity index (χ4v) is 2.94. The minimum Gasteiger partial charge on any atom is -0.349 e. The molecule has 1 aliphatic carbocycles. The average Bonchev–Trinajstić information content (AvgIpc) is 2.57. The van der Waals surface area contributed by atoms with Gasteiger partial charge in [-0.3, -0.25) is 14.6 Å². The lowest BCUT2D eigenvalue weighted by molar-refractivity contribution is -0.134. The maximum absolute atomic E-state index is 15.3. The Morgan fingerprint density at radius 3 is 2.92 bits per heavy atom. The zero-order valence-electron chi connectivity index (χ0n) is 12.5. The zero-order valence-corrected chi connectivity index (χ0v) is 13.2. The van der Waals surface area contributed by atoms with E-state index >= 15 is 4.39 Å². The van der Waals surface area contributed by atoms with E-state index in [4.69, 9.17) is 11.6 Å². The molecule has 1 aliphatic rings. The molecule has 1 atom stereocenters. The number of nitrogens with one attached hydrogen (secondary N) is 1. The summed E-state index contributed by atoms with van der Waals surface area (Å²) in [6.07, 6.45) is 1.05. The summed E-state index contributed by atoms with van der Waals surface area (Å²) >= 11 is 5.89. The van der Waals surface area contributed by atoms with Crippen LogP contribution in [0, 0.1) is 5.82 Å². The van der Waals surface area contributed by atoms with Crippen LogP contribution in [0.2, 0.25) is 5.02 Å². The van der Waals surface area contributed by atoms with Gasteiger partial charge in [0.15, 0.2) is 5.78 Å². The van der Waals surface area contributed by atoms with Crippen molar-refractivity contribution >= 4 is 23.3 Å². The molecular formula is C17H13ClF2N2O2. The first-order valence-electron chi connectivity index (χ1n) is 7.31. The lowest BCUT2D eigenvalue weighted by Crippen LogP contribution is -2.44. The second-order valence-corrected chi connectivity index (χ2v) is 5.95. The highest BCUT2D eigenvalue weighted by Gasteiger charge is 2.46. The van der Waals surface area contributed by atoms with E-state index in [1.54, 1.807) is 0 Å². The van der Waals surface area contributed by atoms with Crippen LogP contribution in [-0.4, -0.2) is 16.7 Å². The number of ketones is 1. The summed E-state index contributed by atoms with van der Waals surface area (Å²) in [5.41, 5.74) is -1.90. The van der Waals surface area contributed by atoms with Crippen LogP contribution in [0.1, 0.15) is 34.5 Å². The van der Waals surface area contributed by atoms with Gasteiger partial charge < -0.3 is 5.32 Å². The van der Waals surface area contributed by atoms with Crippen molar-refractivity contribution < 1.29 is 18.4 Å². The van der Waals surface area contributed by atoms with E-state index in [1.807, 2.05) is 0 Å². The first-order valence-corrected chi connectivity index (χ1v) is 7.69. The molecule has 124 valence electrons. The van der Waals surface area contributed by atoms with Crippen LogP contribution in [0.15, 0.2) is 36.5 Å². The molecule has 1 amide bonds. The molecule has 0 saturated heterocycles.